The predicted molar refractivity (Wildman–Crippen MR) is 140 cm³/mol. The second kappa shape index (κ2) is 11.3. The van der Waals surface area contributed by atoms with Gasteiger partial charge >= 0.3 is 0 Å². The van der Waals surface area contributed by atoms with Crippen LogP contribution in [0.3, 0.4) is 0 Å². The van der Waals surface area contributed by atoms with Gasteiger partial charge in [-0.25, -0.2) is 10.4 Å². The quantitative estimate of drug-likeness (QED) is 0.242. The fraction of sp³-hybridized carbons (Fsp3) is 0.200. The molecule has 0 bridgehead atoms. The predicted octanol–water partition coefficient (Wildman–Crippen LogP) is 4.52. The van der Waals surface area contributed by atoms with E-state index >= 15 is 0 Å². The van der Waals surface area contributed by atoms with E-state index in [1.807, 2.05) is 37.3 Å². The van der Waals surface area contributed by atoms with Crippen LogP contribution in [0.1, 0.15) is 22.9 Å². The van der Waals surface area contributed by atoms with E-state index in [9.17, 15) is 9.59 Å². The van der Waals surface area contributed by atoms with Gasteiger partial charge in [0.25, 0.3) is 11.5 Å². The van der Waals surface area contributed by atoms with Gasteiger partial charge in [-0.05, 0) is 53.9 Å². The van der Waals surface area contributed by atoms with Crippen molar-refractivity contribution >= 4 is 49.6 Å². The smallest absolute Gasteiger partial charge is 0.262 e. The molecule has 0 aliphatic heterocycles. The molecule has 0 saturated carbocycles. The fourth-order valence-electron chi connectivity index (χ4n) is 3.29. The van der Waals surface area contributed by atoms with Gasteiger partial charge in [0.1, 0.15) is 18.0 Å². The number of nitrogens with one attached hydrogen (secondary N) is 1. The number of benzene rings is 2. The number of fused-ring (bicyclic) bond motifs is 1. The summed E-state index contributed by atoms with van der Waals surface area (Å²) in [5.74, 6) is 0.709. The lowest BCUT2D eigenvalue weighted by Gasteiger charge is -2.11. The van der Waals surface area contributed by atoms with Crippen molar-refractivity contribution in [2.24, 2.45) is 5.10 Å². The number of halogens is 1. The number of rotatable bonds is 9. The molecule has 180 valence electrons. The Hall–Kier alpha value is -3.50. The summed E-state index contributed by atoms with van der Waals surface area (Å²) in [6.45, 7) is 2.25. The monoisotopic (exact) mass is 554 g/mol. The average Bonchev–Trinajstić information content (AvgIpc) is 3.30. The van der Waals surface area contributed by atoms with E-state index in [0.717, 1.165) is 21.3 Å². The molecule has 35 heavy (non-hydrogen) atoms. The number of ether oxygens (including phenoxy) is 2. The Bertz CT molecular complexity index is 1430. The summed E-state index contributed by atoms with van der Waals surface area (Å²) < 4.78 is 13.6. The zero-order chi connectivity index (χ0) is 24.8. The van der Waals surface area contributed by atoms with Crippen LogP contribution in [0.5, 0.6) is 11.5 Å². The fourth-order valence-corrected chi connectivity index (χ4v) is 4.48. The van der Waals surface area contributed by atoms with Crippen LogP contribution in [-0.4, -0.2) is 28.8 Å². The van der Waals surface area contributed by atoms with Crippen LogP contribution in [0.4, 0.5) is 0 Å². The zero-order valence-corrected chi connectivity index (χ0v) is 21.6. The second-order valence-corrected chi connectivity index (χ2v) is 9.61. The molecule has 0 atom stereocenters. The van der Waals surface area contributed by atoms with E-state index in [2.05, 4.69) is 31.4 Å². The third-order valence-corrected chi connectivity index (χ3v) is 6.85. The Labute approximate surface area is 214 Å². The van der Waals surface area contributed by atoms with E-state index < -0.39 is 5.91 Å². The number of aromatic nitrogens is 2. The molecule has 4 aromatic rings. The summed E-state index contributed by atoms with van der Waals surface area (Å²) in [5, 5.41) is 4.52. The largest absolute Gasteiger partial charge is 0.493 e. The van der Waals surface area contributed by atoms with E-state index in [1.54, 1.807) is 25.3 Å². The molecule has 0 aliphatic rings. The van der Waals surface area contributed by atoms with Gasteiger partial charge in [0.05, 0.1) is 25.0 Å². The molecular formula is C25H23BrN4O4S. The van der Waals surface area contributed by atoms with Crippen molar-refractivity contribution in [2.45, 2.75) is 26.5 Å². The summed E-state index contributed by atoms with van der Waals surface area (Å²) in [6.07, 6.45) is 3.72. The van der Waals surface area contributed by atoms with Crippen molar-refractivity contribution in [1.29, 1.82) is 0 Å². The van der Waals surface area contributed by atoms with Gasteiger partial charge in [-0.2, -0.15) is 5.10 Å². The third-order valence-electron chi connectivity index (χ3n) is 5.13. The first-order chi connectivity index (χ1) is 17.0. The van der Waals surface area contributed by atoms with Gasteiger partial charge < -0.3 is 9.47 Å². The van der Waals surface area contributed by atoms with Crippen molar-refractivity contribution in [2.75, 3.05) is 7.11 Å². The summed E-state index contributed by atoms with van der Waals surface area (Å²) in [5.41, 5.74) is 3.94. The topological polar surface area (TPSA) is 94.8 Å². The number of hydrazone groups is 1. The van der Waals surface area contributed by atoms with E-state index in [-0.39, 0.29) is 12.1 Å². The summed E-state index contributed by atoms with van der Waals surface area (Å²) >= 11 is 4.90. The SMILES string of the molecule is CCc1cc2c(=O)n(CC(=O)N/N=C\c3ccc(OCc4ccc(Br)cc4)c(OC)c3)cnc2s1. The molecule has 2 aromatic heterocycles. The molecule has 0 spiro atoms. The number of aryl methyl sites for hydroxylation is 1. The van der Waals surface area contributed by atoms with Crippen molar-refractivity contribution in [3.8, 4) is 11.5 Å². The molecule has 8 nitrogen and oxygen atoms in total. The maximum Gasteiger partial charge on any atom is 0.262 e. The highest BCUT2D eigenvalue weighted by Gasteiger charge is 2.11. The summed E-state index contributed by atoms with van der Waals surface area (Å²) in [4.78, 5) is 31.0. The van der Waals surface area contributed by atoms with Crippen LogP contribution in [0.15, 0.2) is 69.2 Å². The van der Waals surface area contributed by atoms with Crippen LogP contribution >= 0.6 is 27.3 Å². The van der Waals surface area contributed by atoms with Gasteiger partial charge in [0.2, 0.25) is 0 Å². The highest BCUT2D eigenvalue weighted by molar-refractivity contribution is 9.10. The lowest BCUT2D eigenvalue weighted by molar-refractivity contribution is -0.121. The Kier molecular flexibility index (Phi) is 7.94. The average molecular weight is 555 g/mol. The Morgan fingerprint density at radius 3 is 2.74 bits per heavy atom. The Morgan fingerprint density at radius 1 is 1.20 bits per heavy atom. The van der Waals surface area contributed by atoms with Crippen molar-refractivity contribution in [3.63, 3.8) is 0 Å². The maximum absolute atomic E-state index is 12.6. The minimum absolute atomic E-state index is 0.178. The van der Waals surface area contributed by atoms with Crippen molar-refractivity contribution in [1.82, 2.24) is 15.0 Å². The highest BCUT2D eigenvalue weighted by Crippen LogP contribution is 2.28. The molecule has 0 radical (unpaired) electrons. The highest BCUT2D eigenvalue weighted by atomic mass is 79.9. The number of methoxy groups -OCH3 is 1. The standard InChI is InChI=1S/C25H23BrN4O4S/c1-3-19-11-20-24(35-19)27-15-30(25(20)32)13-23(31)29-28-12-17-6-9-21(22(10-17)33-2)34-14-16-4-7-18(26)8-5-16/h4-12,15H,3,13-14H2,1-2H3,(H,29,31)/b28-12-. The van der Waals surface area contributed by atoms with Crippen molar-refractivity contribution < 1.29 is 14.3 Å². The molecule has 2 heterocycles. The molecule has 1 N–H and O–H groups in total. The van der Waals surface area contributed by atoms with Gasteiger partial charge in [0.15, 0.2) is 11.5 Å². The van der Waals surface area contributed by atoms with E-state index in [1.165, 1.54) is 28.4 Å². The van der Waals surface area contributed by atoms with Crippen LogP contribution in [0.25, 0.3) is 10.2 Å². The van der Waals surface area contributed by atoms with Gasteiger partial charge in [0, 0.05) is 9.35 Å². The van der Waals surface area contributed by atoms with Crippen molar-refractivity contribution in [3.05, 3.63) is 85.7 Å². The van der Waals surface area contributed by atoms with Gasteiger partial charge in [-0.15, -0.1) is 11.3 Å². The number of thiophene rings is 1. The number of nitrogens with zero attached hydrogens (tertiary/aromatic N) is 3. The Balaban J connectivity index is 1.36. The van der Waals surface area contributed by atoms with E-state index in [4.69, 9.17) is 9.47 Å². The van der Waals surface area contributed by atoms with Gasteiger partial charge in [-0.1, -0.05) is 35.0 Å². The molecule has 2 aromatic carbocycles. The van der Waals surface area contributed by atoms with Crippen LogP contribution in [0, 0.1) is 0 Å². The first-order valence-corrected chi connectivity index (χ1v) is 12.4. The molecule has 0 saturated heterocycles. The number of hydrogen-bond donors (Lipinski definition) is 1. The molecule has 4 rings (SSSR count). The first kappa shape index (κ1) is 24.6. The number of amides is 1. The Morgan fingerprint density at radius 2 is 2.00 bits per heavy atom. The van der Waals surface area contributed by atoms with Crippen LogP contribution in [0.2, 0.25) is 0 Å². The maximum atomic E-state index is 12.6. The molecular weight excluding hydrogens is 532 g/mol. The second-order valence-electron chi connectivity index (χ2n) is 7.58. The summed E-state index contributed by atoms with van der Waals surface area (Å²) in [7, 11) is 1.56. The minimum Gasteiger partial charge on any atom is -0.493 e. The van der Waals surface area contributed by atoms with Gasteiger partial charge in [-0.3, -0.25) is 14.2 Å². The van der Waals surface area contributed by atoms with Crippen LogP contribution < -0.4 is 20.5 Å². The molecule has 0 unspecified atom stereocenters. The molecule has 1 amide bonds. The third kappa shape index (κ3) is 6.14. The minimum atomic E-state index is -0.433. The normalized spacial score (nSPS) is 11.2. The lowest BCUT2D eigenvalue weighted by Crippen LogP contribution is -2.29. The number of carbonyl (C=O) groups is 1. The zero-order valence-electron chi connectivity index (χ0n) is 19.2. The number of hydrogen-bond acceptors (Lipinski definition) is 7. The number of carbonyl (C=O) groups excluding carboxylic acids is 1. The molecule has 10 heteroatoms. The van der Waals surface area contributed by atoms with E-state index in [0.29, 0.717) is 33.9 Å². The molecule has 0 fully saturated rings. The van der Waals surface area contributed by atoms with Crippen LogP contribution in [-0.2, 0) is 24.4 Å². The summed E-state index contributed by atoms with van der Waals surface area (Å²) in [6, 6.07) is 15.1. The first-order valence-electron chi connectivity index (χ1n) is 10.8. The molecule has 0 aliphatic carbocycles. The lowest BCUT2D eigenvalue weighted by atomic mass is 10.2.